The van der Waals surface area contributed by atoms with Crippen LogP contribution in [0.2, 0.25) is 0 Å². The van der Waals surface area contributed by atoms with E-state index >= 15 is 0 Å². The third kappa shape index (κ3) is 13.3. The Bertz CT molecular complexity index is 3630. The van der Waals surface area contributed by atoms with Crippen LogP contribution >= 0.6 is 45.2 Å². The number of imidazole rings is 2. The zero-order valence-corrected chi connectivity index (χ0v) is 55.5. The van der Waals surface area contributed by atoms with Crippen molar-refractivity contribution < 1.29 is 37.7 Å². The molecule has 0 bridgehead atoms. The van der Waals surface area contributed by atoms with Gasteiger partial charge in [0.15, 0.2) is 12.6 Å². The summed E-state index contributed by atoms with van der Waals surface area (Å²) in [6.45, 7) is 16.2. The average Bonchev–Trinajstić information content (AvgIpc) is 1.78. The van der Waals surface area contributed by atoms with E-state index in [4.69, 9.17) is 33.1 Å². The molecule has 2 aromatic heterocycles. The number of carbonyl (C=O) groups is 2. The number of carbonyl (C=O) groups excluding carboxylic acids is 2. The van der Waals surface area contributed by atoms with Crippen LogP contribution in [0.4, 0.5) is 0 Å². The van der Waals surface area contributed by atoms with Gasteiger partial charge in [-0.25, -0.2) is 9.97 Å². The van der Waals surface area contributed by atoms with Gasteiger partial charge >= 0.3 is 14.0 Å². The fourth-order valence-corrected chi connectivity index (χ4v) is 12.1. The maximum Gasteiger partial charge on any atom is 0.488 e. The van der Waals surface area contributed by atoms with Crippen LogP contribution in [-0.4, -0.2) is 82.3 Å². The lowest BCUT2D eigenvalue weighted by atomic mass is 9.49. The molecule has 12 rings (SSSR count). The SMILES string of the molecule is CC1(C)OB(B2OC(C)(C)C(C)(C)O2)OC1(C)C.COc1cccc(C=O)c1-c1cn(C(c2ccccc2)(c2ccccc2)c2ccccc2)cn1.COc1cccc(C=O)c1I.Ic1cn(C(c2ccccc2)(c2ccccc2)c2ccccc2)cn1. The molecule has 16 heteroatoms. The van der Waals surface area contributed by atoms with Crippen LogP contribution in [-0.2, 0) is 29.7 Å². The van der Waals surface area contributed by atoms with Gasteiger partial charge in [-0.1, -0.05) is 206 Å². The van der Waals surface area contributed by atoms with Crippen LogP contribution < -0.4 is 9.47 Å². The third-order valence-electron chi connectivity index (χ3n) is 16.8. The molecule has 0 unspecified atom stereocenters. The first kappa shape index (κ1) is 65.0. The Balaban J connectivity index is 0.000000150. The molecule has 0 atom stereocenters. The molecule has 2 fully saturated rings. The van der Waals surface area contributed by atoms with Gasteiger partial charge in [-0.2, -0.15) is 0 Å². The summed E-state index contributed by atoms with van der Waals surface area (Å²) in [6, 6.07) is 73.9. The molecule has 8 aromatic carbocycles. The fraction of sp³-hybridized carbons (Fsp3) is 0.222. The van der Waals surface area contributed by atoms with Crippen LogP contribution in [0.5, 0.6) is 11.5 Å². The van der Waals surface area contributed by atoms with Crippen molar-refractivity contribution in [2.45, 2.75) is 88.9 Å². The largest absolute Gasteiger partial charge is 0.496 e. The first-order chi connectivity index (χ1) is 42.3. The molecule has 10 aromatic rings. The minimum absolute atomic E-state index is 0.360. The second kappa shape index (κ2) is 27.9. The van der Waals surface area contributed by atoms with Gasteiger partial charge < -0.3 is 37.2 Å². The Kier molecular flexibility index (Phi) is 20.6. The molecule has 448 valence electrons. The van der Waals surface area contributed by atoms with Crippen molar-refractivity contribution in [1.82, 2.24) is 19.1 Å². The smallest absolute Gasteiger partial charge is 0.488 e. The van der Waals surface area contributed by atoms with Crippen molar-refractivity contribution in [2.24, 2.45) is 0 Å². The van der Waals surface area contributed by atoms with E-state index in [0.717, 1.165) is 42.3 Å². The summed E-state index contributed by atoms with van der Waals surface area (Å²) in [5.74, 6) is 1.36. The topological polar surface area (TPSA) is 125 Å². The van der Waals surface area contributed by atoms with E-state index in [-0.39, 0.29) is 22.4 Å². The maximum atomic E-state index is 11.8. The number of nitrogens with zero attached hydrogens (tertiary/aromatic N) is 4. The van der Waals surface area contributed by atoms with E-state index < -0.39 is 25.1 Å². The highest BCUT2D eigenvalue weighted by molar-refractivity contribution is 14.1. The second-order valence-corrected chi connectivity index (χ2v) is 25.3. The highest BCUT2D eigenvalue weighted by Crippen LogP contribution is 2.45. The van der Waals surface area contributed by atoms with E-state index in [2.05, 4.69) is 229 Å². The van der Waals surface area contributed by atoms with Crippen LogP contribution in [0.25, 0.3) is 11.3 Å². The van der Waals surface area contributed by atoms with Crippen molar-refractivity contribution in [3.8, 4) is 22.8 Å². The minimum atomic E-state index is -0.668. The lowest BCUT2D eigenvalue weighted by molar-refractivity contribution is 0.00578. The Morgan fingerprint density at radius 1 is 0.409 bits per heavy atom. The van der Waals surface area contributed by atoms with Crippen LogP contribution in [0.3, 0.4) is 0 Å². The van der Waals surface area contributed by atoms with Gasteiger partial charge in [-0.05, 0) is 146 Å². The average molecular weight is 1400 g/mol. The molecule has 0 amide bonds. The molecule has 0 N–H and O–H groups in total. The Morgan fingerprint density at radius 3 is 1.02 bits per heavy atom. The van der Waals surface area contributed by atoms with Gasteiger partial charge in [0, 0.05) is 23.5 Å². The van der Waals surface area contributed by atoms with Crippen molar-refractivity contribution in [3.63, 3.8) is 0 Å². The molecular formula is C72H72B2I2N4O8. The first-order valence-corrected chi connectivity index (χ1v) is 31.1. The summed E-state index contributed by atoms with van der Waals surface area (Å²) in [4.78, 5) is 31.6. The lowest BCUT2D eigenvalue weighted by Crippen LogP contribution is -2.41. The fourth-order valence-electron chi connectivity index (χ4n) is 11.0. The number of aromatic nitrogens is 4. The van der Waals surface area contributed by atoms with Crippen molar-refractivity contribution in [2.75, 3.05) is 14.2 Å². The number of aldehydes is 2. The highest BCUT2D eigenvalue weighted by Gasteiger charge is 2.63. The molecule has 0 radical (unpaired) electrons. The summed E-state index contributed by atoms with van der Waals surface area (Å²) in [5, 5.41) is 0. The molecule has 0 aliphatic carbocycles. The Morgan fingerprint density at radius 2 is 0.716 bits per heavy atom. The van der Waals surface area contributed by atoms with Gasteiger partial charge in [-0.15, -0.1) is 0 Å². The normalized spacial score (nSPS) is 15.3. The van der Waals surface area contributed by atoms with E-state index in [1.807, 2.05) is 111 Å². The minimum Gasteiger partial charge on any atom is -0.496 e. The number of rotatable bonds is 14. The van der Waals surface area contributed by atoms with E-state index in [9.17, 15) is 9.59 Å². The summed E-state index contributed by atoms with van der Waals surface area (Å²) < 4.78 is 40.6. The Labute approximate surface area is 545 Å². The standard InChI is InChI=1S/C30H24N2O2.C22H17IN2.C12H24B2O4.C8H7IO2/c1-34-28-19-11-12-23(21-33)29(28)27-20-32(22-31-27)30(24-13-5-2-6-14-24,25-15-7-3-8-16-25)26-17-9-4-10-18-26;23-21-16-25(17-24-21)22(18-10-4-1-5-11-18,19-12-6-2-7-13-19)20-14-8-3-9-15-20;1-9(2)10(3,4)16-13(15-9)14-17-11(5,6)12(7,8)18-14;1-11-7-4-2-3-6(5-10)8(7)9/h2-22H,1H3;1-17H;1-8H3;2-5H,1H3. The molecular weight excluding hydrogens is 1320 g/mol. The molecule has 4 heterocycles. The van der Waals surface area contributed by atoms with Crippen LogP contribution in [0.1, 0.15) is 109 Å². The number of halogens is 2. The summed E-state index contributed by atoms with van der Waals surface area (Å²) in [5.41, 5.74) is 6.94. The molecule has 2 aliphatic heterocycles. The van der Waals surface area contributed by atoms with Crippen LogP contribution in [0.15, 0.2) is 243 Å². The summed E-state index contributed by atoms with van der Waals surface area (Å²) in [7, 11) is 2.24. The molecule has 88 heavy (non-hydrogen) atoms. The predicted molar refractivity (Wildman–Crippen MR) is 367 cm³/mol. The van der Waals surface area contributed by atoms with Gasteiger partial charge in [0.25, 0.3) is 0 Å². The zero-order chi connectivity index (χ0) is 62.7. The van der Waals surface area contributed by atoms with E-state index in [1.165, 1.54) is 16.7 Å². The summed E-state index contributed by atoms with van der Waals surface area (Å²) in [6.07, 6.45) is 9.53. The molecule has 0 spiro atoms. The quantitative estimate of drug-likeness (QED) is 0.0450. The Hall–Kier alpha value is -7.45. The first-order valence-electron chi connectivity index (χ1n) is 29.0. The van der Waals surface area contributed by atoms with Gasteiger partial charge in [-0.3, -0.25) is 9.59 Å². The number of hydrogen-bond acceptors (Lipinski definition) is 10. The second-order valence-electron chi connectivity index (χ2n) is 23.2. The van der Waals surface area contributed by atoms with Crippen molar-refractivity contribution >= 4 is 71.8 Å². The lowest BCUT2D eigenvalue weighted by Gasteiger charge is -2.37. The summed E-state index contributed by atoms with van der Waals surface area (Å²) >= 11 is 4.35. The van der Waals surface area contributed by atoms with Gasteiger partial charge in [0.2, 0.25) is 0 Å². The number of benzene rings is 8. The van der Waals surface area contributed by atoms with Crippen molar-refractivity contribution in [1.29, 1.82) is 0 Å². The van der Waals surface area contributed by atoms with E-state index in [0.29, 0.717) is 28.1 Å². The number of methoxy groups -OCH3 is 2. The van der Waals surface area contributed by atoms with E-state index in [1.54, 1.807) is 32.4 Å². The number of ether oxygens (including phenoxy) is 2. The molecule has 2 aliphatic rings. The molecule has 2 saturated heterocycles. The van der Waals surface area contributed by atoms with Gasteiger partial charge in [0.05, 0.1) is 64.1 Å². The third-order valence-corrected chi connectivity index (χ3v) is 18.5. The van der Waals surface area contributed by atoms with Crippen molar-refractivity contribution in [3.05, 3.63) is 295 Å². The van der Waals surface area contributed by atoms with Gasteiger partial charge in [0.1, 0.15) is 26.3 Å². The molecule has 0 saturated carbocycles. The zero-order valence-electron chi connectivity index (χ0n) is 51.2. The monoisotopic (exact) mass is 1400 g/mol. The van der Waals surface area contributed by atoms with Crippen LogP contribution in [0, 0.1) is 7.27 Å². The molecule has 12 nitrogen and oxygen atoms in total. The highest BCUT2D eigenvalue weighted by atomic mass is 127. The number of hydrogen-bond donors (Lipinski definition) is 0. The predicted octanol–water partition coefficient (Wildman–Crippen LogP) is 15.9. The maximum absolute atomic E-state index is 11.8.